The van der Waals surface area contributed by atoms with Crippen molar-refractivity contribution in [3.63, 3.8) is 0 Å². The van der Waals surface area contributed by atoms with Crippen molar-refractivity contribution in [3.05, 3.63) is 34.5 Å². The average Bonchev–Trinajstić information content (AvgIpc) is 3.11. The van der Waals surface area contributed by atoms with E-state index in [1.807, 2.05) is 18.4 Å². The molecule has 0 bridgehead atoms. The summed E-state index contributed by atoms with van der Waals surface area (Å²) < 4.78 is 2.24. The molecule has 4 atom stereocenters. The first kappa shape index (κ1) is 20.1. The quantitative estimate of drug-likeness (QED) is 0.447. The van der Waals surface area contributed by atoms with Crippen molar-refractivity contribution in [1.82, 2.24) is 14.9 Å². The molecular formula is C20H27N3O2S2. The highest BCUT2D eigenvalue weighted by molar-refractivity contribution is 8.00. The first-order chi connectivity index (χ1) is 12.9. The summed E-state index contributed by atoms with van der Waals surface area (Å²) in [6.07, 6.45) is 5.11. The summed E-state index contributed by atoms with van der Waals surface area (Å²) in [5.41, 5.74) is 0.620. The molecule has 0 aliphatic heterocycles. The molecule has 5 nitrogen and oxygen atoms in total. The first-order valence-corrected chi connectivity index (χ1v) is 11.2. The Balaban J connectivity index is 1.77. The zero-order valence-electron chi connectivity index (χ0n) is 16.1. The van der Waals surface area contributed by atoms with Crippen molar-refractivity contribution in [3.8, 4) is 0 Å². The Morgan fingerprint density at radius 2 is 2.30 bits per heavy atom. The Kier molecular flexibility index (Phi) is 6.42. The molecule has 0 aromatic carbocycles. The van der Waals surface area contributed by atoms with Gasteiger partial charge in [0.25, 0.3) is 5.56 Å². The van der Waals surface area contributed by atoms with Crippen LogP contribution in [0, 0.1) is 11.8 Å². The topological polar surface area (TPSA) is 64.0 Å². The minimum atomic E-state index is -0.325. The van der Waals surface area contributed by atoms with Gasteiger partial charge in [-0.2, -0.15) is 0 Å². The van der Waals surface area contributed by atoms with Gasteiger partial charge in [-0.05, 0) is 36.6 Å². The van der Waals surface area contributed by atoms with E-state index in [9.17, 15) is 9.59 Å². The maximum atomic E-state index is 12.8. The van der Waals surface area contributed by atoms with E-state index < -0.39 is 0 Å². The summed E-state index contributed by atoms with van der Waals surface area (Å²) in [7, 11) is 0. The molecule has 0 unspecified atom stereocenters. The van der Waals surface area contributed by atoms with Crippen LogP contribution in [-0.2, 0) is 11.3 Å². The minimum absolute atomic E-state index is 0.00997. The summed E-state index contributed by atoms with van der Waals surface area (Å²) in [6.45, 7) is 10.5. The van der Waals surface area contributed by atoms with Crippen molar-refractivity contribution in [1.29, 1.82) is 0 Å². The summed E-state index contributed by atoms with van der Waals surface area (Å²) in [5, 5.41) is 5.34. The zero-order valence-corrected chi connectivity index (χ0v) is 17.7. The van der Waals surface area contributed by atoms with Crippen molar-refractivity contribution < 1.29 is 4.79 Å². The number of hydrogen-bond donors (Lipinski definition) is 1. The van der Waals surface area contributed by atoms with E-state index in [1.54, 1.807) is 10.6 Å². The highest BCUT2D eigenvalue weighted by atomic mass is 32.2. The second kappa shape index (κ2) is 8.61. The van der Waals surface area contributed by atoms with Crippen LogP contribution in [0.5, 0.6) is 0 Å². The minimum Gasteiger partial charge on any atom is -0.352 e. The van der Waals surface area contributed by atoms with Gasteiger partial charge in [0.05, 0.1) is 10.8 Å². The molecule has 2 aromatic rings. The van der Waals surface area contributed by atoms with Crippen LogP contribution < -0.4 is 10.9 Å². The highest BCUT2D eigenvalue weighted by Crippen LogP contribution is 2.30. The summed E-state index contributed by atoms with van der Waals surface area (Å²) in [5.74, 6) is 1.13. The molecule has 3 rings (SSSR count). The number of aromatic nitrogens is 2. The molecule has 7 heteroatoms. The summed E-state index contributed by atoms with van der Waals surface area (Å²) in [6, 6.07) is 2.08. The van der Waals surface area contributed by atoms with Crippen molar-refractivity contribution in [2.45, 2.75) is 63.0 Å². The maximum absolute atomic E-state index is 12.8. The number of allylic oxidation sites excluding steroid dienone is 1. The number of rotatable bonds is 6. The number of nitrogens with zero attached hydrogens (tertiary/aromatic N) is 2. The molecule has 1 aliphatic carbocycles. The van der Waals surface area contributed by atoms with Crippen LogP contribution in [0.1, 0.15) is 40.0 Å². The Morgan fingerprint density at radius 3 is 3.04 bits per heavy atom. The van der Waals surface area contributed by atoms with E-state index in [2.05, 4.69) is 30.7 Å². The molecule has 0 radical (unpaired) electrons. The standard InChI is InChI=1S/C20H27N3O2S2/c1-5-10-23-19(25)17-16(9-11-26-17)22-20(23)27-14(4)18(24)21-15-8-6-7-12(2)13(15)3/h5,9,11-15H,1,6-8,10H2,2-4H3,(H,21,24)/t12-,13-,14+,15+/m0/s1. The van der Waals surface area contributed by atoms with Crippen LogP contribution in [0.4, 0.5) is 0 Å². The fraction of sp³-hybridized carbons (Fsp3) is 0.550. The Labute approximate surface area is 168 Å². The predicted octanol–water partition coefficient (Wildman–Crippen LogP) is 4.07. The number of thiophene rings is 1. The fourth-order valence-corrected chi connectivity index (χ4v) is 5.31. The van der Waals surface area contributed by atoms with Crippen LogP contribution in [0.15, 0.2) is 34.1 Å². The second-order valence-corrected chi connectivity index (χ2v) is 9.60. The number of carbonyl (C=O) groups is 1. The van der Waals surface area contributed by atoms with Crippen LogP contribution in [0.25, 0.3) is 10.2 Å². The van der Waals surface area contributed by atoms with Crippen LogP contribution in [0.2, 0.25) is 0 Å². The molecule has 1 fully saturated rings. The predicted molar refractivity (Wildman–Crippen MR) is 114 cm³/mol. The van der Waals surface area contributed by atoms with Crippen LogP contribution in [0.3, 0.4) is 0 Å². The number of amides is 1. The van der Waals surface area contributed by atoms with E-state index >= 15 is 0 Å². The molecular weight excluding hydrogens is 378 g/mol. The highest BCUT2D eigenvalue weighted by Gasteiger charge is 2.30. The third kappa shape index (κ3) is 4.29. The number of thioether (sulfide) groups is 1. The van der Waals surface area contributed by atoms with Crippen molar-refractivity contribution in [2.75, 3.05) is 0 Å². The number of fused-ring (bicyclic) bond motifs is 1. The summed E-state index contributed by atoms with van der Waals surface area (Å²) >= 11 is 2.73. The van der Waals surface area contributed by atoms with Gasteiger partial charge in [-0.3, -0.25) is 14.2 Å². The summed E-state index contributed by atoms with van der Waals surface area (Å²) in [4.78, 5) is 30.1. The van der Waals surface area contributed by atoms with E-state index in [-0.39, 0.29) is 22.8 Å². The lowest BCUT2D eigenvalue weighted by Crippen LogP contribution is -2.46. The third-order valence-corrected chi connectivity index (χ3v) is 7.51. The molecule has 0 spiro atoms. The van der Waals surface area contributed by atoms with E-state index in [1.165, 1.54) is 29.5 Å². The smallest absolute Gasteiger partial charge is 0.272 e. The van der Waals surface area contributed by atoms with Gasteiger partial charge in [-0.25, -0.2) is 4.98 Å². The molecule has 146 valence electrons. The van der Waals surface area contributed by atoms with Gasteiger partial charge in [-0.1, -0.05) is 44.5 Å². The largest absolute Gasteiger partial charge is 0.352 e. The Bertz CT molecular complexity index is 889. The van der Waals surface area contributed by atoms with E-state index in [4.69, 9.17) is 0 Å². The van der Waals surface area contributed by atoms with E-state index in [0.717, 1.165) is 12.8 Å². The SMILES string of the molecule is C=CCn1c(S[C@H](C)C(=O)N[C@@H]2CCC[C@H](C)[C@@H]2C)nc2ccsc2c1=O. The normalized spacial score (nSPS) is 23.9. The first-order valence-electron chi connectivity index (χ1n) is 9.48. The average molecular weight is 406 g/mol. The number of nitrogens with one attached hydrogen (secondary N) is 1. The lowest BCUT2D eigenvalue weighted by Gasteiger charge is -2.35. The number of carbonyl (C=O) groups excluding carboxylic acids is 1. The molecule has 1 saturated carbocycles. The molecule has 27 heavy (non-hydrogen) atoms. The monoisotopic (exact) mass is 405 g/mol. The molecule has 2 heterocycles. The molecule has 1 N–H and O–H groups in total. The van der Waals surface area contributed by atoms with Crippen molar-refractivity contribution >= 4 is 39.2 Å². The second-order valence-electron chi connectivity index (χ2n) is 7.38. The fourth-order valence-electron chi connectivity index (χ4n) is 3.60. The number of hydrogen-bond acceptors (Lipinski definition) is 5. The zero-order chi connectivity index (χ0) is 19.6. The van der Waals surface area contributed by atoms with Gasteiger partial charge >= 0.3 is 0 Å². The molecule has 0 saturated heterocycles. The lowest BCUT2D eigenvalue weighted by atomic mass is 9.78. The Hall–Kier alpha value is -1.60. The molecule has 1 amide bonds. The maximum Gasteiger partial charge on any atom is 0.272 e. The van der Waals surface area contributed by atoms with Gasteiger partial charge in [0.2, 0.25) is 5.91 Å². The van der Waals surface area contributed by atoms with Gasteiger partial charge in [-0.15, -0.1) is 17.9 Å². The molecule has 2 aromatic heterocycles. The van der Waals surface area contributed by atoms with E-state index in [0.29, 0.717) is 33.8 Å². The van der Waals surface area contributed by atoms with Gasteiger partial charge in [0.15, 0.2) is 5.16 Å². The van der Waals surface area contributed by atoms with Crippen LogP contribution in [-0.4, -0.2) is 26.8 Å². The van der Waals surface area contributed by atoms with Gasteiger partial charge < -0.3 is 5.32 Å². The van der Waals surface area contributed by atoms with Crippen LogP contribution >= 0.6 is 23.1 Å². The lowest BCUT2D eigenvalue weighted by molar-refractivity contribution is -0.121. The third-order valence-electron chi connectivity index (χ3n) is 5.53. The van der Waals surface area contributed by atoms with Gasteiger partial charge in [0, 0.05) is 12.6 Å². The van der Waals surface area contributed by atoms with Crippen molar-refractivity contribution in [2.24, 2.45) is 11.8 Å². The molecule has 1 aliphatic rings. The Morgan fingerprint density at radius 1 is 1.52 bits per heavy atom. The van der Waals surface area contributed by atoms with Gasteiger partial charge in [0.1, 0.15) is 4.70 Å².